The number of rotatable bonds is 3. The van der Waals surface area contributed by atoms with Crippen LogP contribution < -0.4 is 4.90 Å². The Morgan fingerprint density at radius 2 is 1.90 bits per heavy atom. The number of hydrogen-bond acceptors (Lipinski definition) is 2. The maximum absolute atomic E-state index is 5.96. The summed E-state index contributed by atoms with van der Waals surface area (Å²) in [6.45, 7) is 2.12. The van der Waals surface area contributed by atoms with Gasteiger partial charge < -0.3 is 4.90 Å². The quantitative estimate of drug-likeness (QED) is 0.764. The summed E-state index contributed by atoms with van der Waals surface area (Å²) < 4.78 is 0.983. The molecule has 1 aliphatic rings. The highest BCUT2D eigenvalue weighted by Crippen LogP contribution is 2.30. The van der Waals surface area contributed by atoms with Gasteiger partial charge in [-0.1, -0.05) is 41.9 Å². The van der Waals surface area contributed by atoms with Crippen molar-refractivity contribution in [3.8, 4) is 0 Å². The summed E-state index contributed by atoms with van der Waals surface area (Å²) >= 11 is 9.52. The first-order chi connectivity index (χ1) is 10.2. The van der Waals surface area contributed by atoms with Crippen LogP contribution >= 0.6 is 27.5 Å². The molecule has 0 radical (unpaired) electrons. The standard InChI is InChI=1S/C17H18BrClN2/c18-16-11-15(19)12-20-17(16)21-8-6-14(7-9-21)10-13-4-2-1-3-5-13/h1-5,11-12,14H,6-10H2. The molecule has 0 spiro atoms. The van der Waals surface area contributed by atoms with Gasteiger partial charge in [-0.3, -0.25) is 0 Å². The van der Waals surface area contributed by atoms with Crippen LogP contribution in [-0.2, 0) is 6.42 Å². The van der Waals surface area contributed by atoms with Gasteiger partial charge in [0.15, 0.2) is 0 Å². The number of anilines is 1. The minimum atomic E-state index is 0.671. The zero-order valence-corrected chi connectivity index (χ0v) is 14.1. The lowest BCUT2D eigenvalue weighted by Crippen LogP contribution is -2.35. The first kappa shape index (κ1) is 14.9. The SMILES string of the molecule is Clc1cnc(N2CCC(Cc3ccccc3)CC2)c(Br)c1. The van der Waals surface area contributed by atoms with E-state index >= 15 is 0 Å². The topological polar surface area (TPSA) is 16.1 Å². The summed E-state index contributed by atoms with van der Waals surface area (Å²) in [5.74, 6) is 1.78. The lowest BCUT2D eigenvalue weighted by Gasteiger charge is -2.33. The van der Waals surface area contributed by atoms with E-state index in [-0.39, 0.29) is 0 Å². The molecule has 1 aliphatic heterocycles. The first-order valence-electron chi connectivity index (χ1n) is 7.32. The van der Waals surface area contributed by atoms with Crippen LogP contribution in [0.5, 0.6) is 0 Å². The van der Waals surface area contributed by atoms with E-state index in [1.165, 1.54) is 24.8 Å². The number of nitrogens with zero attached hydrogens (tertiary/aromatic N) is 2. The molecule has 1 aromatic heterocycles. The lowest BCUT2D eigenvalue weighted by atomic mass is 9.90. The number of pyridine rings is 1. The molecule has 21 heavy (non-hydrogen) atoms. The van der Waals surface area contributed by atoms with Crippen LogP contribution in [-0.4, -0.2) is 18.1 Å². The lowest BCUT2D eigenvalue weighted by molar-refractivity contribution is 0.402. The molecule has 0 amide bonds. The predicted molar refractivity (Wildman–Crippen MR) is 92.0 cm³/mol. The van der Waals surface area contributed by atoms with Crippen molar-refractivity contribution in [2.24, 2.45) is 5.92 Å². The molecule has 4 heteroatoms. The number of halogens is 2. The molecule has 0 aliphatic carbocycles. The van der Waals surface area contributed by atoms with Crippen molar-refractivity contribution in [3.63, 3.8) is 0 Å². The number of hydrogen-bond donors (Lipinski definition) is 0. The van der Waals surface area contributed by atoms with Gasteiger partial charge in [0.05, 0.1) is 9.50 Å². The summed E-state index contributed by atoms with van der Waals surface area (Å²) in [5, 5.41) is 0.671. The second-order valence-corrected chi connectivity index (χ2v) is 6.87. The van der Waals surface area contributed by atoms with Crippen molar-refractivity contribution >= 4 is 33.3 Å². The maximum Gasteiger partial charge on any atom is 0.142 e. The maximum atomic E-state index is 5.96. The summed E-state index contributed by atoms with van der Waals surface area (Å²) in [6.07, 6.45) is 5.33. The largest absolute Gasteiger partial charge is 0.356 e. The molecule has 0 N–H and O–H groups in total. The fourth-order valence-corrected chi connectivity index (χ4v) is 3.83. The van der Waals surface area contributed by atoms with Crippen LogP contribution in [0.4, 0.5) is 5.82 Å². The summed E-state index contributed by atoms with van der Waals surface area (Å²) in [6, 6.07) is 12.7. The fourth-order valence-electron chi connectivity index (χ4n) is 2.94. The Morgan fingerprint density at radius 3 is 2.57 bits per heavy atom. The molecule has 1 saturated heterocycles. The van der Waals surface area contributed by atoms with Crippen molar-refractivity contribution < 1.29 is 0 Å². The molecule has 3 rings (SSSR count). The van der Waals surface area contributed by atoms with E-state index in [2.05, 4.69) is 56.1 Å². The van der Waals surface area contributed by atoms with E-state index in [1.807, 2.05) is 6.07 Å². The van der Waals surface area contributed by atoms with Crippen LogP contribution in [0, 0.1) is 5.92 Å². The third kappa shape index (κ3) is 3.78. The average Bonchev–Trinajstić information content (AvgIpc) is 2.49. The molecule has 2 aromatic rings. The third-order valence-electron chi connectivity index (χ3n) is 4.07. The molecule has 0 bridgehead atoms. The summed E-state index contributed by atoms with van der Waals surface area (Å²) in [4.78, 5) is 6.81. The second-order valence-electron chi connectivity index (χ2n) is 5.58. The van der Waals surface area contributed by atoms with Crippen molar-refractivity contribution in [2.45, 2.75) is 19.3 Å². The molecule has 2 heterocycles. The van der Waals surface area contributed by atoms with Gasteiger partial charge in [0.2, 0.25) is 0 Å². The average molecular weight is 366 g/mol. The van der Waals surface area contributed by atoms with E-state index in [9.17, 15) is 0 Å². The summed E-state index contributed by atoms with van der Waals surface area (Å²) in [5.41, 5.74) is 1.45. The Bertz CT molecular complexity index is 595. The Balaban J connectivity index is 1.60. The Kier molecular flexibility index (Phi) is 4.81. The van der Waals surface area contributed by atoms with Gasteiger partial charge in [0.1, 0.15) is 5.82 Å². The van der Waals surface area contributed by atoms with E-state index in [0.29, 0.717) is 5.02 Å². The number of piperidine rings is 1. The predicted octanol–water partition coefficient (Wildman–Crippen LogP) is 4.96. The molecular formula is C17H18BrClN2. The molecular weight excluding hydrogens is 348 g/mol. The smallest absolute Gasteiger partial charge is 0.142 e. The first-order valence-corrected chi connectivity index (χ1v) is 8.49. The second kappa shape index (κ2) is 6.80. The molecule has 110 valence electrons. The molecule has 0 atom stereocenters. The van der Waals surface area contributed by atoms with E-state index in [0.717, 1.165) is 29.3 Å². The van der Waals surface area contributed by atoms with Crippen molar-refractivity contribution in [1.29, 1.82) is 0 Å². The normalized spacial score (nSPS) is 16.2. The highest BCUT2D eigenvalue weighted by Gasteiger charge is 2.21. The highest BCUT2D eigenvalue weighted by atomic mass is 79.9. The van der Waals surface area contributed by atoms with Gasteiger partial charge in [0, 0.05) is 19.3 Å². The minimum absolute atomic E-state index is 0.671. The molecule has 2 nitrogen and oxygen atoms in total. The number of aromatic nitrogens is 1. The minimum Gasteiger partial charge on any atom is -0.356 e. The van der Waals surface area contributed by atoms with E-state index in [4.69, 9.17) is 11.6 Å². The molecule has 1 aromatic carbocycles. The van der Waals surface area contributed by atoms with Crippen LogP contribution in [0.2, 0.25) is 5.02 Å². The Morgan fingerprint density at radius 1 is 1.19 bits per heavy atom. The van der Waals surface area contributed by atoms with Crippen LogP contribution in [0.25, 0.3) is 0 Å². The van der Waals surface area contributed by atoms with Gasteiger partial charge in [0.25, 0.3) is 0 Å². The monoisotopic (exact) mass is 364 g/mol. The third-order valence-corrected chi connectivity index (χ3v) is 4.86. The molecule has 0 saturated carbocycles. The van der Waals surface area contributed by atoms with Crippen molar-refractivity contribution in [3.05, 3.63) is 57.7 Å². The Hall–Kier alpha value is -1.06. The molecule has 1 fully saturated rings. The van der Waals surface area contributed by atoms with Crippen LogP contribution in [0.1, 0.15) is 18.4 Å². The Labute approximate surface area is 139 Å². The molecule has 0 unspecified atom stereocenters. The highest BCUT2D eigenvalue weighted by molar-refractivity contribution is 9.10. The van der Waals surface area contributed by atoms with Gasteiger partial charge in [-0.25, -0.2) is 4.98 Å². The zero-order valence-electron chi connectivity index (χ0n) is 11.8. The van der Waals surface area contributed by atoms with Gasteiger partial charge in [-0.05, 0) is 52.7 Å². The number of benzene rings is 1. The van der Waals surface area contributed by atoms with E-state index in [1.54, 1.807) is 6.20 Å². The fraction of sp³-hybridized carbons (Fsp3) is 0.353. The van der Waals surface area contributed by atoms with E-state index < -0.39 is 0 Å². The zero-order chi connectivity index (χ0) is 14.7. The summed E-state index contributed by atoms with van der Waals surface area (Å²) in [7, 11) is 0. The van der Waals surface area contributed by atoms with Crippen LogP contribution in [0.15, 0.2) is 47.1 Å². The van der Waals surface area contributed by atoms with Gasteiger partial charge >= 0.3 is 0 Å². The van der Waals surface area contributed by atoms with Gasteiger partial charge in [-0.15, -0.1) is 0 Å². The van der Waals surface area contributed by atoms with Crippen molar-refractivity contribution in [1.82, 2.24) is 4.98 Å². The van der Waals surface area contributed by atoms with Crippen molar-refractivity contribution in [2.75, 3.05) is 18.0 Å². The van der Waals surface area contributed by atoms with Gasteiger partial charge in [-0.2, -0.15) is 0 Å². The van der Waals surface area contributed by atoms with Crippen LogP contribution in [0.3, 0.4) is 0 Å².